The predicted octanol–water partition coefficient (Wildman–Crippen LogP) is 6.19. The van der Waals surface area contributed by atoms with E-state index in [9.17, 15) is 13.2 Å². The van der Waals surface area contributed by atoms with Crippen molar-refractivity contribution >= 4 is 38.6 Å². The van der Waals surface area contributed by atoms with E-state index in [1.54, 1.807) is 16.7 Å². The summed E-state index contributed by atoms with van der Waals surface area (Å²) in [7, 11) is -3.67. The monoisotopic (exact) mass is 522 g/mol. The fourth-order valence-electron chi connectivity index (χ4n) is 4.63. The molecule has 0 spiro atoms. The van der Waals surface area contributed by atoms with E-state index in [0.29, 0.717) is 17.9 Å². The number of nitrogens with zero attached hydrogens (tertiary/aromatic N) is 1. The maximum Gasteiger partial charge on any atom is 0.419 e. The number of nitrogens with one attached hydrogen (secondary N) is 1. The molecule has 1 heterocycles. The van der Waals surface area contributed by atoms with Crippen molar-refractivity contribution in [3.05, 3.63) is 88.9 Å². The molecule has 0 bridgehead atoms. The molecule has 0 radical (unpaired) electrons. The molecular weight excluding hydrogens is 496 g/mol. The van der Waals surface area contributed by atoms with Crippen LogP contribution in [0.25, 0.3) is 22.2 Å². The molecular formula is C28H27ClN2O4S. The highest BCUT2D eigenvalue weighted by atomic mass is 35.5. The van der Waals surface area contributed by atoms with E-state index in [4.69, 9.17) is 16.3 Å². The minimum absolute atomic E-state index is 0.186. The summed E-state index contributed by atoms with van der Waals surface area (Å²) in [5.74, 6) is 0. The molecule has 36 heavy (non-hydrogen) atoms. The SMILES string of the molecule is CC(C)(C)OC(=O)n1c(-c2ccc3c(c2)CC(NS(=O)(=O)c2ccc(Cl)cc2)C3)cc2ccccc21. The Hall–Kier alpha value is -3.13. The number of carbonyl (C=O) groups excluding carboxylic acids is 1. The first-order valence-corrected chi connectivity index (χ1v) is 13.6. The van der Waals surface area contributed by atoms with Crippen LogP contribution >= 0.6 is 11.6 Å². The van der Waals surface area contributed by atoms with Gasteiger partial charge in [-0.1, -0.05) is 41.9 Å². The van der Waals surface area contributed by atoms with E-state index >= 15 is 0 Å². The molecule has 0 saturated heterocycles. The average molecular weight is 523 g/mol. The Bertz CT molecular complexity index is 1570. The van der Waals surface area contributed by atoms with Crippen LogP contribution in [-0.2, 0) is 27.6 Å². The van der Waals surface area contributed by atoms with Gasteiger partial charge in [-0.25, -0.2) is 22.5 Å². The number of rotatable bonds is 4. The van der Waals surface area contributed by atoms with Crippen LogP contribution in [0.15, 0.2) is 77.7 Å². The number of hydrogen-bond donors (Lipinski definition) is 1. The number of aromatic nitrogens is 1. The van der Waals surface area contributed by atoms with Crippen LogP contribution in [0.3, 0.4) is 0 Å². The van der Waals surface area contributed by atoms with Crippen molar-refractivity contribution < 1.29 is 17.9 Å². The van der Waals surface area contributed by atoms with Gasteiger partial charge in [0.2, 0.25) is 10.0 Å². The van der Waals surface area contributed by atoms with Gasteiger partial charge in [0, 0.05) is 16.5 Å². The lowest BCUT2D eigenvalue weighted by atomic mass is 10.0. The zero-order valence-electron chi connectivity index (χ0n) is 20.3. The zero-order chi connectivity index (χ0) is 25.7. The topological polar surface area (TPSA) is 77.4 Å². The number of para-hydroxylation sites is 1. The molecule has 1 atom stereocenters. The van der Waals surface area contributed by atoms with Crippen LogP contribution in [0.5, 0.6) is 0 Å². The number of ether oxygens (including phenoxy) is 1. The first-order valence-electron chi connectivity index (χ1n) is 11.7. The van der Waals surface area contributed by atoms with Crippen LogP contribution in [0, 0.1) is 0 Å². The van der Waals surface area contributed by atoms with Crippen molar-refractivity contribution in [3.8, 4) is 11.3 Å². The summed E-state index contributed by atoms with van der Waals surface area (Å²) in [4.78, 5) is 13.4. The number of hydrogen-bond acceptors (Lipinski definition) is 4. The Morgan fingerprint density at radius 2 is 1.67 bits per heavy atom. The number of benzene rings is 3. The van der Waals surface area contributed by atoms with Gasteiger partial charge in [-0.2, -0.15) is 0 Å². The Kier molecular flexibility index (Phi) is 6.19. The standard InChI is InChI=1S/C28H27ClN2O4S/c1-28(2,3)35-27(32)31-25-7-5-4-6-19(25)17-26(31)20-9-8-18-15-23(16-21(18)14-20)30-36(33,34)24-12-10-22(29)11-13-24/h4-14,17,23,30H,15-16H2,1-3H3. The van der Waals surface area contributed by atoms with Crippen molar-refractivity contribution in [3.63, 3.8) is 0 Å². The minimum Gasteiger partial charge on any atom is -0.443 e. The highest BCUT2D eigenvalue weighted by Gasteiger charge is 2.28. The molecule has 1 aliphatic carbocycles. The Labute approximate surface area is 215 Å². The molecule has 0 saturated carbocycles. The second kappa shape index (κ2) is 9.07. The Morgan fingerprint density at radius 3 is 2.39 bits per heavy atom. The number of halogens is 1. The minimum atomic E-state index is -3.67. The van der Waals surface area contributed by atoms with Gasteiger partial charge in [-0.3, -0.25) is 0 Å². The predicted molar refractivity (Wildman–Crippen MR) is 142 cm³/mol. The maximum absolute atomic E-state index is 13.2. The van der Waals surface area contributed by atoms with Gasteiger partial charge in [-0.15, -0.1) is 0 Å². The van der Waals surface area contributed by atoms with Crippen molar-refractivity contribution in [1.29, 1.82) is 0 Å². The highest BCUT2D eigenvalue weighted by Crippen LogP contribution is 2.33. The summed E-state index contributed by atoms with van der Waals surface area (Å²) in [6.45, 7) is 5.53. The fraction of sp³-hybridized carbons (Fsp3) is 0.250. The van der Waals surface area contributed by atoms with Crippen molar-refractivity contribution in [2.75, 3.05) is 0 Å². The van der Waals surface area contributed by atoms with Gasteiger partial charge >= 0.3 is 6.09 Å². The van der Waals surface area contributed by atoms with E-state index in [-0.39, 0.29) is 10.9 Å². The summed E-state index contributed by atoms with van der Waals surface area (Å²) < 4.78 is 35.9. The lowest BCUT2D eigenvalue weighted by molar-refractivity contribution is 0.0547. The van der Waals surface area contributed by atoms with Crippen LogP contribution in [0.2, 0.25) is 5.02 Å². The molecule has 0 fully saturated rings. The first-order chi connectivity index (χ1) is 17.0. The van der Waals surface area contributed by atoms with Gasteiger partial charge < -0.3 is 4.74 Å². The van der Waals surface area contributed by atoms with Crippen LogP contribution in [0.1, 0.15) is 31.9 Å². The van der Waals surface area contributed by atoms with E-state index in [0.717, 1.165) is 33.3 Å². The molecule has 3 aromatic carbocycles. The summed E-state index contributed by atoms with van der Waals surface area (Å²) >= 11 is 5.90. The van der Waals surface area contributed by atoms with Crippen LogP contribution < -0.4 is 4.72 Å². The van der Waals surface area contributed by atoms with Crippen molar-refractivity contribution in [1.82, 2.24) is 9.29 Å². The summed E-state index contributed by atoms with van der Waals surface area (Å²) in [6.07, 6.45) is 0.716. The molecule has 1 aromatic heterocycles. The van der Waals surface area contributed by atoms with E-state index in [2.05, 4.69) is 4.72 Å². The summed E-state index contributed by atoms with van der Waals surface area (Å²) in [5, 5.41) is 1.42. The van der Waals surface area contributed by atoms with Gasteiger partial charge in [0.15, 0.2) is 0 Å². The smallest absolute Gasteiger partial charge is 0.419 e. The van der Waals surface area contributed by atoms with Gasteiger partial charge in [0.1, 0.15) is 5.60 Å². The van der Waals surface area contributed by atoms with E-state index < -0.39 is 21.7 Å². The second-order valence-corrected chi connectivity index (χ2v) is 12.2. The maximum atomic E-state index is 13.2. The molecule has 4 aromatic rings. The molecule has 5 rings (SSSR count). The molecule has 0 aliphatic heterocycles. The van der Waals surface area contributed by atoms with Crippen molar-refractivity contribution in [2.24, 2.45) is 0 Å². The fourth-order valence-corrected chi connectivity index (χ4v) is 6.00. The molecule has 1 N–H and O–H groups in total. The lowest BCUT2D eigenvalue weighted by Gasteiger charge is -2.21. The van der Waals surface area contributed by atoms with Crippen LogP contribution in [-0.4, -0.2) is 30.7 Å². The van der Waals surface area contributed by atoms with Gasteiger partial charge in [-0.05, 0) is 92.8 Å². The lowest BCUT2D eigenvalue weighted by Crippen LogP contribution is -2.35. The normalized spacial score (nSPS) is 15.7. The Morgan fingerprint density at radius 1 is 0.972 bits per heavy atom. The zero-order valence-corrected chi connectivity index (χ0v) is 21.9. The molecule has 1 unspecified atom stereocenters. The quantitative estimate of drug-likeness (QED) is 0.346. The second-order valence-electron chi connectivity index (χ2n) is 10.1. The molecule has 1 aliphatic rings. The number of carbonyl (C=O) groups is 1. The van der Waals surface area contributed by atoms with Gasteiger partial charge in [0.05, 0.1) is 16.1 Å². The number of sulfonamides is 1. The van der Waals surface area contributed by atoms with E-state index in [1.165, 1.54) is 12.1 Å². The third kappa shape index (κ3) is 4.91. The van der Waals surface area contributed by atoms with Crippen LogP contribution in [0.4, 0.5) is 4.79 Å². The molecule has 6 nitrogen and oxygen atoms in total. The summed E-state index contributed by atoms with van der Waals surface area (Å²) in [6, 6.07) is 21.6. The Balaban J connectivity index is 1.45. The highest BCUT2D eigenvalue weighted by molar-refractivity contribution is 7.89. The number of fused-ring (bicyclic) bond motifs is 2. The van der Waals surface area contributed by atoms with Crippen molar-refractivity contribution in [2.45, 2.75) is 50.2 Å². The summed E-state index contributed by atoms with van der Waals surface area (Å²) in [5.41, 5.74) is 3.89. The average Bonchev–Trinajstić information content (AvgIpc) is 3.38. The van der Waals surface area contributed by atoms with Gasteiger partial charge in [0.25, 0.3) is 0 Å². The van der Waals surface area contributed by atoms with E-state index in [1.807, 2.05) is 69.3 Å². The molecule has 8 heteroatoms. The third-order valence-corrected chi connectivity index (χ3v) is 7.96. The largest absolute Gasteiger partial charge is 0.443 e. The first kappa shape index (κ1) is 24.6. The third-order valence-electron chi connectivity index (χ3n) is 6.17. The molecule has 186 valence electrons. The molecule has 0 amide bonds.